The van der Waals surface area contributed by atoms with E-state index in [1.807, 2.05) is 0 Å². The van der Waals surface area contributed by atoms with Gasteiger partial charge in [0, 0.05) is 11.9 Å². The van der Waals surface area contributed by atoms with Crippen molar-refractivity contribution >= 4 is 51.5 Å². The minimum atomic E-state index is -0.601. The molecule has 9 nitrogen and oxygen atoms in total. The van der Waals surface area contributed by atoms with Gasteiger partial charge in [-0.1, -0.05) is 5.16 Å². The number of carbonyl (C=O) groups is 3. The fourth-order valence-corrected chi connectivity index (χ4v) is 2.36. The second kappa shape index (κ2) is 8.06. The minimum absolute atomic E-state index is 0.0778. The number of β-lactam (4-membered cyclic amide) rings is 1. The summed E-state index contributed by atoms with van der Waals surface area (Å²) >= 11 is 6.53. The number of rotatable bonds is 7. The van der Waals surface area contributed by atoms with Crippen molar-refractivity contribution in [2.75, 3.05) is 17.7 Å². The zero-order chi connectivity index (χ0) is 17.7. The van der Waals surface area contributed by atoms with Gasteiger partial charge in [0.05, 0.1) is 0 Å². The van der Waals surface area contributed by atoms with Gasteiger partial charge in [-0.2, -0.15) is 0 Å². The number of halogens is 1. The molecule has 0 spiro atoms. The van der Waals surface area contributed by atoms with E-state index in [1.54, 1.807) is 19.2 Å². The van der Waals surface area contributed by atoms with Crippen molar-refractivity contribution in [2.24, 2.45) is 5.16 Å². The van der Waals surface area contributed by atoms with Gasteiger partial charge in [-0.25, -0.2) is 4.98 Å². The first-order valence-electron chi connectivity index (χ1n) is 7.04. The third-order valence-corrected chi connectivity index (χ3v) is 3.79. The van der Waals surface area contributed by atoms with Gasteiger partial charge in [0.1, 0.15) is 23.7 Å². The van der Waals surface area contributed by atoms with Crippen LogP contribution in [-0.4, -0.2) is 53.0 Å². The van der Waals surface area contributed by atoms with Crippen molar-refractivity contribution in [3.8, 4) is 0 Å². The van der Waals surface area contributed by atoms with E-state index >= 15 is 0 Å². The number of alkyl halides is 1. The van der Waals surface area contributed by atoms with Crippen LogP contribution < -0.4 is 16.0 Å². The van der Waals surface area contributed by atoms with Crippen molar-refractivity contribution in [1.29, 1.82) is 0 Å². The maximum absolute atomic E-state index is 12.3. The first kappa shape index (κ1) is 18.1. The quantitative estimate of drug-likeness (QED) is 0.270. The van der Waals surface area contributed by atoms with Crippen LogP contribution in [-0.2, 0) is 19.2 Å². The summed E-state index contributed by atoms with van der Waals surface area (Å²) in [5.41, 5.74) is 0.147. The average Bonchev–Trinajstić information content (AvgIpc) is 2.99. The molecule has 1 unspecified atom stereocenters. The molecule has 0 saturated carbocycles. The van der Waals surface area contributed by atoms with Crippen molar-refractivity contribution in [2.45, 2.75) is 26.0 Å². The smallest absolute Gasteiger partial charge is 0.276 e. The van der Waals surface area contributed by atoms with E-state index in [9.17, 15) is 14.4 Å². The van der Waals surface area contributed by atoms with Gasteiger partial charge >= 0.3 is 0 Å². The Morgan fingerprint density at radius 2 is 2.33 bits per heavy atom. The van der Waals surface area contributed by atoms with Gasteiger partial charge in [-0.15, -0.1) is 22.9 Å². The fourth-order valence-electron chi connectivity index (χ4n) is 1.59. The Kier molecular flexibility index (Phi) is 6.10. The highest BCUT2D eigenvalue weighted by Gasteiger charge is 2.31. The molecule has 2 rings (SSSR count). The van der Waals surface area contributed by atoms with E-state index in [1.165, 1.54) is 0 Å². The molecule has 1 aliphatic rings. The molecule has 1 atom stereocenters. The minimum Gasteiger partial charge on any atom is -0.392 e. The fraction of sp³-hybridized carbons (Fsp3) is 0.462. The Morgan fingerprint density at radius 1 is 1.58 bits per heavy atom. The third-order valence-electron chi connectivity index (χ3n) is 2.79. The van der Waals surface area contributed by atoms with E-state index in [2.05, 4.69) is 26.1 Å². The van der Waals surface area contributed by atoms with E-state index in [4.69, 9.17) is 16.4 Å². The van der Waals surface area contributed by atoms with E-state index in [0.29, 0.717) is 6.54 Å². The molecule has 1 aromatic rings. The number of anilines is 1. The molecule has 0 aromatic carbocycles. The Hall–Kier alpha value is -2.20. The zero-order valence-corrected chi connectivity index (χ0v) is 14.5. The van der Waals surface area contributed by atoms with Gasteiger partial charge in [-0.3, -0.25) is 14.4 Å². The molecule has 24 heavy (non-hydrogen) atoms. The lowest BCUT2D eigenvalue weighted by atomic mass is 10.1. The van der Waals surface area contributed by atoms with Crippen LogP contribution >= 0.6 is 22.9 Å². The van der Waals surface area contributed by atoms with E-state index < -0.39 is 17.9 Å². The summed E-state index contributed by atoms with van der Waals surface area (Å²) in [7, 11) is 0. The monoisotopic (exact) mass is 373 g/mol. The highest BCUT2D eigenvalue weighted by Crippen LogP contribution is 2.17. The Morgan fingerprint density at radius 3 is 2.88 bits per heavy atom. The van der Waals surface area contributed by atoms with Crippen LogP contribution in [0.1, 0.15) is 19.5 Å². The molecular formula is C13H16ClN5O4S. The molecule has 3 amide bonds. The normalized spacial score (nSPS) is 17.1. The lowest BCUT2D eigenvalue weighted by Crippen LogP contribution is -2.62. The molecule has 1 aromatic heterocycles. The molecule has 3 N–H and O–H groups in total. The first-order chi connectivity index (χ1) is 11.4. The topological polar surface area (TPSA) is 122 Å². The number of carbonyl (C=O) groups excluding carboxylic acids is 3. The number of hydrogen-bond donors (Lipinski definition) is 3. The van der Waals surface area contributed by atoms with Gasteiger partial charge < -0.3 is 20.8 Å². The average molecular weight is 374 g/mol. The summed E-state index contributed by atoms with van der Waals surface area (Å²) < 4.78 is 0. The van der Waals surface area contributed by atoms with Crippen molar-refractivity contribution < 1.29 is 19.2 Å². The van der Waals surface area contributed by atoms with Crippen LogP contribution in [0, 0.1) is 0 Å². The van der Waals surface area contributed by atoms with E-state index in [0.717, 1.165) is 11.3 Å². The largest absolute Gasteiger partial charge is 0.392 e. The summed E-state index contributed by atoms with van der Waals surface area (Å²) in [6.45, 7) is 3.87. The number of aromatic nitrogens is 1. The molecule has 0 aliphatic carbocycles. The SMILES string of the molecule is CC(C)ON=C(C(=O)NC1CNC1=O)c1csc(NC(=O)CCl)n1. The van der Waals surface area contributed by atoms with Gasteiger partial charge in [0.15, 0.2) is 10.8 Å². The third kappa shape index (κ3) is 4.65. The molecule has 0 bridgehead atoms. The maximum atomic E-state index is 12.3. The summed E-state index contributed by atoms with van der Waals surface area (Å²) in [6.07, 6.45) is -0.242. The van der Waals surface area contributed by atoms with Crippen LogP contribution in [0.4, 0.5) is 5.13 Å². The maximum Gasteiger partial charge on any atom is 0.276 e. The van der Waals surface area contributed by atoms with Crippen molar-refractivity contribution in [1.82, 2.24) is 15.6 Å². The van der Waals surface area contributed by atoms with Gasteiger partial charge in [0.25, 0.3) is 5.91 Å². The number of oxime groups is 1. The molecule has 130 valence electrons. The summed E-state index contributed by atoms with van der Waals surface area (Å²) in [5, 5.41) is 13.2. The standard InChI is InChI=1S/C13H16ClN5O4S/c1-6(2)23-19-10(12(22)16-7-4-15-11(7)21)8-5-24-13(17-8)18-9(20)3-14/h5-7H,3-4H2,1-2H3,(H,15,21)(H,16,22)(H,17,18,20). The highest BCUT2D eigenvalue weighted by atomic mass is 35.5. The Bertz CT molecular complexity index is 675. The highest BCUT2D eigenvalue weighted by molar-refractivity contribution is 7.14. The van der Waals surface area contributed by atoms with E-state index in [-0.39, 0.29) is 34.4 Å². The molecule has 0 radical (unpaired) electrons. The number of thiazole rings is 1. The number of hydrogen-bond acceptors (Lipinski definition) is 7. The lowest BCUT2D eigenvalue weighted by molar-refractivity contribution is -0.131. The summed E-state index contributed by atoms with van der Waals surface area (Å²) in [6, 6.07) is -0.601. The molecule has 1 saturated heterocycles. The summed E-state index contributed by atoms with van der Waals surface area (Å²) in [4.78, 5) is 44.2. The Balaban J connectivity index is 2.16. The second-order valence-electron chi connectivity index (χ2n) is 5.08. The molecule has 11 heteroatoms. The van der Waals surface area contributed by atoms with Crippen LogP contribution in [0.3, 0.4) is 0 Å². The predicted octanol–water partition coefficient (Wildman–Crippen LogP) is 0.0641. The van der Waals surface area contributed by atoms with Crippen molar-refractivity contribution in [3.05, 3.63) is 11.1 Å². The van der Waals surface area contributed by atoms with Crippen LogP contribution in [0.25, 0.3) is 0 Å². The van der Waals surface area contributed by atoms with Crippen molar-refractivity contribution in [3.63, 3.8) is 0 Å². The zero-order valence-electron chi connectivity index (χ0n) is 13.0. The molecule has 1 fully saturated rings. The predicted molar refractivity (Wildman–Crippen MR) is 89.2 cm³/mol. The molecular weight excluding hydrogens is 358 g/mol. The van der Waals surface area contributed by atoms with Gasteiger partial charge in [-0.05, 0) is 13.8 Å². The number of amides is 3. The van der Waals surface area contributed by atoms with Crippen LogP contribution in [0.2, 0.25) is 0 Å². The second-order valence-corrected chi connectivity index (χ2v) is 6.21. The Labute approximate surface area is 146 Å². The van der Waals surface area contributed by atoms with Crippen LogP contribution in [0.15, 0.2) is 10.5 Å². The first-order valence-corrected chi connectivity index (χ1v) is 8.46. The molecule has 1 aliphatic heterocycles. The summed E-state index contributed by atoms with van der Waals surface area (Å²) in [5.74, 6) is -1.47. The molecule has 2 heterocycles. The van der Waals surface area contributed by atoms with Crippen LogP contribution in [0.5, 0.6) is 0 Å². The number of nitrogens with zero attached hydrogens (tertiary/aromatic N) is 2. The van der Waals surface area contributed by atoms with Gasteiger partial charge in [0.2, 0.25) is 11.8 Å². The lowest BCUT2D eigenvalue weighted by Gasteiger charge is -2.26. The number of nitrogens with one attached hydrogen (secondary N) is 3.